The number of fused-ring (bicyclic) bond motifs is 4. The second-order valence-corrected chi connectivity index (χ2v) is 12.5. The van der Waals surface area contributed by atoms with Crippen molar-refractivity contribution in [3.63, 3.8) is 0 Å². The predicted molar refractivity (Wildman–Crippen MR) is 123 cm³/mol. The number of hydrogen-bond donors (Lipinski definition) is 0. The van der Waals surface area contributed by atoms with Gasteiger partial charge in [0.15, 0.2) is 0 Å². The summed E-state index contributed by atoms with van der Waals surface area (Å²) in [7, 11) is 0. The topological polar surface area (TPSA) is 17.1 Å². The van der Waals surface area contributed by atoms with Crippen molar-refractivity contribution in [1.82, 2.24) is 0 Å². The van der Waals surface area contributed by atoms with Crippen LogP contribution in [-0.2, 0) is 4.79 Å². The highest BCUT2D eigenvalue weighted by Crippen LogP contribution is 2.66. The van der Waals surface area contributed by atoms with Crippen molar-refractivity contribution in [2.45, 2.75) is 112 Å². The lowest BCUT2D eigenvalue weighted by atomic mass is 9.49. The number of carbonyl (C=O) groups is 1. The van der Waals surface area contributed by atoms with E-state index in [2.05, 4.69) is 41.5 Å². The van der Waals surface area contributed by atoms with E-state index in [9.17, 15) is 4.79 Å². The van der Waals surface area contributed by atoms with Crippen molar-refractivity contribution in [3.05, 3.63) is 11.1 Å². The monoisotopic (exact) mass is 398 g/mol. The van der Waals surface area contributed by atoms with Crippen LogP contribution in [0.2, 0.25) is 0 Å². The van der Waals surface area contributed by atoms with Gasteiger partial charge in [-0.05, 0) is 85.4 Å². The Morgan fingerprint density at radius 2 is 1.79 bits per heavy atom. The summed E-state index contributed by atoms with van der Waals surface area (Å²) < 4.78 is 0. The summed E-state index contributed by atoms with van der Waals surface area (Å²) in [6.45, 7) is 14.7. The SMILES string of the molecule is CC(C)CCC[C@@H](C)[C@H]1CC[C@H]2C3=C(CC[C@]12C)[C@@]1(C)CC(C)C(=O)CC1CC3. The minimum absolute atomic E-state index is 0.272. The number of rotatable bonds is 5. The second-order valence-electron chi connectivity index (χ2n) is 12.5. The van der Waals surface area contributed by atoms with Crippen LogP contribution in [0.5, 0.6) is 0 Å². The van der Waals surface area contributed by atoms with Gasteiger partial charge in [-0.2, -0.15) is 0 Å². The van der Waals surface area contributed by atoms with Crippen LogP contribution in [0.15, 0.2) is 11.1 Å². The van der Waals surface area contributed by atoms with Gasteiger partial charge in [-0.25, -0.2) is 0 Å². The maximum Gasteiger partial charge on any atom is 0.136 e. The van der Waals surface area contributed by atoms with E-state index >= 15 is 0 Å². The van der Waals surface area contributed by atoms with Crippen LogP contribution in [0, 0.1) is 46.3 Å². The molecule has 164 valence electrons. The molecule has 0 N–H and O–H groups in total. The first-order valence-corrected chi connectivity index (χ1v) is 12.9. The van der Waals surface area contributed by atoms with Gasteiger partial charge in [-0.1, -0.05) is 72.0 Å². The second kappa shape index (κ2) is 7.83. The van der Waals surface area contributed by atoms with Gasteiger partial charge < -0.3 is 0 Å². The molecule has 1 heteroatoms. The molecule has 0 radical (unpaired) electrons. The van der Waals surface area contributed by atoms with Crippen LogP contribution in [0.25, 0.3) is 0 Å². The molecular weight excluding hydrogens is 352 g/mol. The summed E-state index contributed by atoms with van der Waals surface area (Å²) in [5, 5.41) is 0. The fourth-order valence-electron chi connectivity index (χ4n) is 8.63. The highest BCUT2D eigenvalue weighted by atomic mass is 16.1. The van der Waals surface area contributed by atoms with Crippen LogP contribution in [0.3, 0.4) is 0 Å². The van der Waals surface area contributed by atoms with Crippen LogP contribution in [0.4, 0.5) is 0 Å². The lowest BCUT2D eigenvalue weighted by Crippen LogP contribution is -2.46. The van der Waals surface area contributed by atoms with Crippen LogP contribution >= 0.6 is 0 Å². The van der Waals surface area contributed by atoms with Crippen molar-refractivity contribution in [3.8, 4) is 0 Å². The maximum absolute atomic E-state index is 12.4. The van der Waals surface area contributed by atoms with E-state index in [4.69, 9.17) is 0 Å². The van der Waals surface area contributed by atoms with Gasteiger partial charge in [-0.15, -0.1) is 0 Å². The standard InChI is InChI=1S/C28H46O/c1-18(2)8-7-9-19(3)23-12-13-24-22-11-10-21-16-26(29)20(4)17-28(21,6)25(22)14-15-27(23,24)5/h18-21,23-24H,7-17H2,1-6H3/t19-,20?,21?,23-,24+,27-,28+/m1/s1. The molecule has 0 aromatic rings. The fraction of sp³-hybridized carbons (Fsp3) is 0.893. The molecular formula is C28H46O. The molecule has 1 nitrogen and oxygen atoms in total. The number of Topliss-reactive ketones (excluding diaryl/α,β-unsaturated/α-hetero) is 1. The quantitative estimate of drug-likeness (QED) is 0.429. The summed E-state index contributed by atoms with van der Waals surface area (Å²) in [4.78, 5) is 12.4. The third-order valence-electron chi connectivity index (χ3n) is 10.3. The largest absolute Gasteiger partial charge is 0.299 e. The molecule has 0 saturated heterocycles. The Morgan fingerprint density at radius 3 is 2.52 bits per heavy atom. The predicted octanol–water partition coefficient (Wildman–Crippen LogP) is 7.99. The van der Waals surface area contributed by atoms with E-state index < -0.39 is 0 Å². The third-order valence-corrected chi connectivity index (χ3v) is 10.3. The van der Waals surface area contributed by atoms with Crippen molar-refractivity contribution in [2.24, 2.45) is 46.3 Å². The first kappa shape index (κ1) is 21.6. The number of carbonyl (C=O) groups excluding carboxylic acids is 1. The highest BCUT2D eigenvalue weighted by molar-refractivity contribution is 5.82. The zero-order valence-electron chi connectivity index (χ0n) is 20.2. The fourth-order valence-corrected chi connectivity index (χ4v) is 8.63. The Bertz CT molecular complexity index is 672. The number of ketones is 1. The average molecular weight is 399 g/mol. The lowest BCUT2D eigenvalue weighted by Gasteiger charge is -2.55. The van der Waals surface area contributed by atoms with Gasteiger partial charge in [-0.3, -0.25) is 4.79 Å². The zero-order chi connectivity index (χ0) is 21.0. The molecule has 0 heterocycles. The van der Waals surface area contributed by atoms with Gasteiger partial charge in [0, 0.05) is 12.3 Å². The van der Waals surface area contributed by atoms with Crippen molar-refractivity contribution < 1.29 is 4.79 Å². The molecule has 0 aromatic carbocycles. The highest BCUT2D eigenvalue weighted by Gasteiger charge is 2.56. The van der Waals surface area contributed by atoms with Crippen molar-refractivity contribution >= 4 is 5.78 Å². The molecule has 4 aliphatic carbocycles. The molecule has 0 aliphatic heterocycles. The van der Waals surface area contributed by atoms with E-state index in [1.807, 2.05) is 11.1 Å². The van der Waals surface area contributed by atoms with Gasteiger partial charge >= 0.3 is 0 Å². The summed E-state index contributed by atoms with van der Waals surface area (Å²) >= 11 is 0. The van der Waals surface area contributed by atoms with Crippen LogP contribution in [-0.4, -0.2) is 5.78 Å². The van der Waals surface area contributed by atoms with E-state index in [-0.39, 0.29) is 5.92 Å². The van der Waals surface area contributed by atoms with E-state index in [1.165, 1.54) is 57.8 Å². The van der Waals surface area contributed by atoms with E-state index in [1.54, 1.807) is 0 Å². The summed E-state index contributed by atoms with van der Waals surface area (Å²) in [6.07, 6.45) is 14.4. The Morgan fingerprint density at radius 1 is 1.03 bits per heavy atom. The van der Waals surface area contributed by atoms with Gasteiger partial charge in [0.2, 0.25) is 0 Å². The van der Waals surface area contributed by atoms with Crippen LogP contribution in [0.1, 0.15) is 112 Å². The van der Waals surface area contributed by atoms with Gasteiger partial charge in [0.1, 0.15) is 5.78 Å². The molecule has 4 aliphatic rings. The minimum Gasteiger partial charge on any atom is -0.299 e. The molecule has 29 heavy (non-hydrogen) atoms. The van der Waals surface area contributed by atoms with Crippen LogP contribution < -0.4 is 0 Å². The first-order chi connectivity index (χ1) is 13.7. The van der Waals surface area contributed by atoms with Gasteiger partial charge in [0.25, 0.3) is 0 Å². The molecule has 0 amide bonds. The van der Waals surface area contributed by atoms with E-state index in [0.717, 1.165) is 36.5 Å². The molecule has 4 rings (SSSR count). The smallest absolute Gasteiger partial charge is 0.136 e. The molecule has 2 saturated carbocycles. The summed E-state index contributed by atoms with van der Waals surface area (Å²) in [5.74, 6) is 4.92. The average Bonchev–Trinajstić information content (AvgIpc) is 3.00. The molecule has 0 aromatic heterocycles. The Labute approximate surface area is 180 Å². The molecule has 0 bridgehead atoms. The molecule has 7 atom stereocenters. The summed E-state index contributed by atoms with van der Waals surface area (Å²) in [5.41, 5.74) is 4.58. The Kier molecular flexibility index (Phi) is 5.84. The Balaban J connectivity index is 1.55. The van der Waals surface area contributed by atoms with Crippen molar-refractivity contribution in [1.29, 1.82) is 0 Å². The zero-order valence-corrected chi connectivity index (χ0v) is 20.2. The minimum atomic E-state index is 0.272. The summed E-state index contributed by atoms with van der Waals surface area (Å²) in [6, 6.07) is 0. The first-order valence-electron chi connectivity index (χ1n) is 12.9. The Hall–Kier alpha value is -0.590. The number of allylic oxidation sites excluding steroid dienone is 2. The third kappa shape index (κ3) is 3.57. The van der Waals surface area contributed by atoms with Crippen molar-refractivity contribution in [2.75, 3.05) is 0 Å². The maximum atomic E-state index is 12.4. The molecule has 2 fully saturated rings. The normalized spacial score (nSPS) is 43.2. The molecule has 0 spiro atoms. The molecule has 2 unspecified atom stereocenters. The van der Waals surface area contributed by atoms with E-state index in [0.29, 0.717) is 22.5 Å². The lowest BCUT2D eigenvalue weighted by molar-refractivity contribution is -0.129. The van der Waals surface area contributed by atoms with Gasteiger partial charge in [0.05, 0.1) is 0 Å². The number of hydrogen-bond acceptors (Lipinski definition) is 1.